The fourth-order valence-electron chi connectivity index (χ4n) is 5.09. The van der Waals surface area contributed by atoms with Crippen molar-refractivity contribution in [2.45, 2.75) is 69.6 Å². The molecule has 0 saturated heterocycles. The summed E-state index contributed by atoms with van der Waals surface area (Å²) < 4.78 is 2.12. The van der Waals surface area contributed by atoms with E-state index in [4.69, 9.17) is 15.7 Å². The van der Waals surface area contributed by atoms with Gasteiger partial charge in [-0.25, -0.2) is 4.98 Å². The Balaban J connectivity index is 1.48. The first-order valence-corrected chi connectivity index (χ1v) is 10.7. The van der Waals surface area contributed by atoms with Gasteiger partial charge < -0.3 is 10.1 Å². The number of nitrogens with zero attached hydrogens (tertiary/aromatic N) is 4. The molecule has 1 saturated carbocycles. The van der Waals surface area contributed by atoms with Crippen molar-refractivity contribution < 1.29 is 0 Å². The van der Waals surface area contributed by atoms with E-state index in [1.54, 1.807) is 0 Å². The van der Waals surface area contributed by atoms with Crippen molar-refractivity contribution in [2.24, 2.45) is 5.73 Å². The van der Waals surface area contributed by atoms with Crippen molar-refractivity contribution in [2.75, 3.05) is 0 Å². The Morgan fingerprint density at radius 2 is 1.96 bits per heavy atom. The minimum absolute atomic E-state index is 0.366. The topological polar surface area (TPSA) is 59.5 Å². The highest BCUT2D eigenvalue weighted by Crippen LogP contribution is 2.38. The van der Waals surface area contributed by atoms with Crippen molar-refractivity contribution in [3.05, 3.63) is 65.9 Å². The second kappa shape index (κ2) is 7.64. The van der Waals surface area contributed by atoms with Crippen molar-refractivity contribution in [3.63, 3.8) is 0 Å². The van der Waals surface area contributed by atoms with Crippen LogP contribution in [0.2, 0.25) is 0 Å². The number of imidazole rings is 1. The largest absolute Gasteiger partial charge is 0.328 e. The summed E-state index contributed by atoms with van der Waals surface area (Å²) in [6.45, 7) is 0.877. The molecule has 0 spiro atoms. The molecular weight excluding hydrogens is 346 g/mol. The van der Waals surface area contributed by atoms with E-state index in [2.05, 4.69) is 46.0 Å². The van der Waals surface area contributed by atoms with Crippen molar-refractivity contribution in [3.8, 4) is 0 Å². The van der Waals surface area contributed by atoms with Crippen LogP contribution in [-0.2, 0) is 13.0 Å². The third-order valence-corrected chi connectivity index (χ3v) is 6.53. The van der Waals surface area contributed by atoms with Gasteiger partial charge in [-0.1, -0.05) is 12.1 Å². The van der Waals surface area contributed by atoms with Crippen LogP contribution in [0, 0.1) is 0 Å². The molecule has 1 unspecified atom stereocenters. The van der Waals surface area contributed by atoms with E-state index < -0.39 is 0 Å². The molecule has 2 aliphatic carbocycles. The van der Waals surface area contributed by atoms with Gasteiger partial charge in [-0.05, 0) is 68.7 Å². The number of rotatable bonds is 4. The SMILES string of the molecule is NC1CCC(N(Cc2cn3ccccc3n2)C2CCCc3cccnc32)CC1. The predicted octanol–water partition coefficient (Wildman–Crippen LogP) is 3.88. The molecule has 3 aromatic heterocycles. The summed E-state index contributed by atoms with van der Waals surface area (Å²) in [5, 5.41) is 0. The molecule has 0 aliphatic heterocycles. The first-order valence-electron chi connectivity index (χ1n) is 10.7. The Morgan fingerprint density at radius 1 is 1.07 bits per heavy atom. The highest BCUT2D eigenvalue weighted by atomic mass is 15.2. The Labute approximate surface area is 166 Å². The normalized spacial score (nSPS) is 25.1. The molecule has 0 radical (unpaired) electrons. The number of hydrogen-bond donors (Lipinski definition) is 1. The second-order valence-electron chi connectivity index (χ2n) is 8.40. The lowest BCUT2D eigenvalue weighted by Crippen LogP contribution is -2.43. The standard InChI is InChI=1S/C23H29N5/c24-18-9-11-20(12-10-18)28(16-19-15-27-14-2-1-8-22(27)26-19)21-7-3-5-17-6-4-13-25-23(17)21/h1-2,4,6,8,13-15,18,20-21H,3,5,7,9-12,16,24H2. The molecule has 1 atom stereocenters. The maximum absolute atomic E-state index is 6.21. The number of hydrogen-bond acceptors (Lipinski definition) is 4. The molecule has 3 aromatic rings. The van der Waals surface area contributed by atoms with E-state index in [1.165, 1.54) is 36.9 Å². The fraction of sp³-hybridized carbons (Fsp3) is 0.478. The van der Waals surface area contributed by atoms with Gasteiger partial charge in [-0.15, -0.1) is 0 Å². The molecule has 146 valence electrons. The lowest BCUT2D eigenvalue weighted by atomic mass is 9.86. The third-order valence-electron chi connectivity index (χ3n) is 6.53. The van der Waals surface area contributed by atoms with E-state index in [-0.39, 0.29) is 0 Å². The molecule has 2 N–H and O–H groups in total. The Morgan fingerprint density at radius 3 is 2.82 bits per heavy atom. The predicted molar refractivity (Wildman–Crippen MR) is 111 cm³/mol. The molecule has 0 amide bonds. The molecule has 28 heavy (non-hydrogen) atoms. The summed E-state index contributed by atoms with van der Waals surface area (Å²) in [4.78, 5) is 12.4. The fourth-order valence-corrected chi connectivity index (χ4v) is 5.09. The number of aromatic nitrogens is 3. The van der Waals surface area contributed by atoms with E-state index in [9.17, 15) is 0 Å². The first-order chi connectivity index (χ1) is 13.8. The van der Waals surface area contributed by atoms with Crippen LogP contribution in [0.3, 0.4) is 0 Å². The summed E-state index contributed by atoms with van der Waals surface area (Å²) in [5.74, 6) is 0. The zero-order valence-electron chi connectivity index (χ0n) is 16.4. The van der Waals surface area contributed by atoms with Gasteiger partial charge in [0.25, 0.3) is 0 Å². The van der Waals surface area contributed by atoms with Gasteiger partial charge >= 0.3 is 0 Å². The van der Waals surface area contributed by atoms with Crippen LogP contribution in [0.1, 0.15) is 61.5 Å². The smallest absolute Gasteiger partial charge is 0.137 e. The minimum Gasteiger partial charge on any atom is -0.328 e. The zero-order valence-corrected chi connectivity index (χ0v) is 16.4. The molecule has 1 fully saturated rings. The van der Waals surface area contributed by atoms with Crippen molar-refractivity contribution >= 4 is 5.65 Å². The van der Waals surface area contributed by atoms with Crippen LogP contribution in [-0.4, -0.2) is 31.4 Å². The quantitative estimate of drug-likeness (QED) is 0.752. The Bertz CT molecular complexity index is 908. The van der Waals surface area contributed by atoms with Crippen molar-refractivity contribution in [1.29, 1.82) is 0 Å². The third kappa shape index (κ3) is 3.45. The first kappa shape index (κ1) is 17.8. The van der Waals surface area contributed by atoms with E-state index >= 15 is 0 Å². The van der Waals surface area contributed by atoms with Crippen LogP contribution in [0.5, 0.6) is 0 Å². The Hall–Kier alpha value is -2.24. The van der Waals surface area contributed by atoms with Crippen LogP contribution >= 0.6 is 0 Å². The highest BCUT2D eigenvalue weighted by Gasteiger charge is 2.34. The zero-order chi connectivity index (χ0) is 18.9. The Kier molecular flexibility index (Phi) is 4.87. The van der Waals surface area contributed by atoms with Gasteiger partial charge in [0.05, 0.1) is 17.4 Å². The number of nitrogens with two attached hydrogens (primary N) is 1. The van der Waals surface area contributed by atoms with Gasteiger partial charge in [-0.2, -0.15) is 0 Å². The highest BCUT2D eigenvalue weighted by molar-refractivity contribution is 5.39. The van der Waals surface area contributed by atoms with Crippen LogP contribution < -0.4 is 5.73 Å². The number of fused-ring (bicyclic) bond motifs is 2. The number of aryl methyl sites for hydroxylation is 1. The lowest BCUT2D eigenvalue weighted by molar-refractivity contribution is 0.0773. The second-order valence-corrected chi connectivity index (χ2v) is 8.40. The molecular formula is C23H29N5. The summed E-state index contributed by atoms with van der Waals surface area (Å²) in [6, 6.07) is 11.8. The monoisotopic (exact) mass is 375 g/mol. The van der Waals surface area contributed by atoms with Crippen molar-refractivity contribution in [1.82, 2.24) is 19.3 Å². The van der Waals surface area contributed by atoms with E-state index in [0.717, 1.165) is 37.1 Å². The van der Waals surface area contributed by atoms with Gasteiger partial charge in [0.1, 0.15) is 5.65 Å². The molecule has 5 nitrogen and oxygen atoms in total. The van der Waals surface area contributed by atoms with Gasteiger partial charge in [0, 0.05) is 37.2 Å². The summed E-state index contributed by atoms with van der Waals surface area (Å²) in [7, 11) is 0. The maximum atomic E-state index is 6.21. The summed E-state index contributed by atoms with van der Waals surface area (Å²) in [5.41, 5.74) is 11.1. The molecule has 5 heteroatoms. The van der Waals surface area contributed by atoms with E-state index in [1.807, 2.05) is 12.3 Å². The lowest BCUT2D eigenvalue weighted by Gasteiger charge is -2.42. The van der Waals surface area contributed by atoms with Crippen LogP contribution in [0.4, 0.5) is 0 Å². The molecule has 0 aromatic carbocycles. The van der Waals surface area contributed by atoms with E-state index in [0.29, 0.717) is 18.1 Å². The minimum atomic E-state index is 0.366. The van der Waals surface area contributed by atoms with Crippen LogP contribution in [0.15, 0.2) is 48.9 Å². The van der Waals surface area contributed by atoms with Crippen LogP contribution in [0.25, 0.3) is 5.65 Å². The molecule has 2 aliphatic rings. The molecule has 5 rings (SSSR count). The number of pyridine rings is 2. The average molecular weight is 376 g/mol. The summed E-state index contributed by atoms with van der Waals surface area (Å²) in [6.07, 6.45) is 14.4. The molecule has 3 heterocycles. The molecule has 0 bridgehead atoms. The van der Waals surface area contributed by atoms with Gasteiger partial charge in [0.2, 0.25) is 0 Å². The average Bonchev–Trinajstić information content (AvgIpc) is 3.15. The maximum Gasteiger partial charge on any atom is 0.137 e. The van der Waals surface area contributed by atoms with Gasteiger partial charge in [-0.3, -0.25) is 9.88 Å². The summed E-state index contributed by atoms with van der Waals surface area (Å²) >= 11 is 0. The van der Waals surface area contributed by atoms with Gasteiger partial charge in [0.15, 0.2) is 0 Å².